The predicted molar refractivity (Wildman–Crippen MR) is 63.5 cm³/mol. The third kappa shape index (κ3) is 2.17. The van der Waals surface area contributed by atoms with Gasteiger partial charge < -0.3 is 0 Å². The zero-order chi connectivity index (χ0) is 9.26. The maximum atomic E-state index is 2.35. The highest BCUT2D eigenvalue weighted by molar-refractivity contribution is 5.29. The third-order valence-electron chi connectivity index (χ3n) is 3.33. The highest BCUT2D eigenvalue weighted by Gasteiger charge is 2.20. The van der Waals surface area contributed by atoms with Crippen LogP contribution in [0, 0.1) is 11.8 Å². The second kappa shape index (κ2) is 4.63. The van der Waals surface area contributed by atoms with E-state index in [2.05, 4.69) is 38.1 Å². The van der Waals surface area contributed by atoms with Crippen molar-refractivity contribution >= 4 is 0 Å². The first-order valence-corrected chi connectivity index (χ1v) is 5.34. The summed E-state index contributed by atoms with van der Waals surface area (Å²) in [7, 11) is 0. The minimum Gasteiger partial charge on any atom is -0.0776 e. The third-order valence-corrected chi connectivity index (χ3v) is 3.33. The van der Waals surface area contributed by atoms with Crippen molar-refractivity contribution in [1.82, 2.24) is 0 Å². The van der Waals surface area contributed by atoms with Crippen molar-refractivity contribution in [3.8, 4) is 0 Å². The molecule has 0 heterocycles. The lowest BCUT2D eigenvalue weighted by atomic mass is 9.78. The van der Waals surface area contributed by atoms with E-state index in [9.17, 15) is 0 Å². The zero-order valence-corrected chi connectivity index (χ0v) is 8.59. The number of rotatable bonds is 1. The van der Waals surface area contributed by atoms with Crippen molar-refractivity contribution in [2.24, 2.45) is 11.8 Å². The smallest absolute Gasteiger partial charge is 0.0245 e. The average Bonchev–Trinajstić information content (AvgIpc) is 2.17. The molecule has 0 heteroatoms. The Balaban J connectivity index is 0.000000980. The summed E-state index contributed by atoms with van der Waals surface area (Å²) in [6.45, 7) is 4.69. The largest absolute Gasteiger partial charge is 0.0776 e. The summed E-state index contributed by atoms with van der Waals surface area (Å²) >= 11 is 0. The van der Waals surface area contributed by atoms with Crippen LogP contribution in [-0.4, -0.2) is 0 Å². The number of fused-ring (bicyclic) bond motifs is 1. The van der Waals surface area contributed by atoms with Gasteiger partial charge in [-0.2, -0.15) is 0 Å². The topological polar surface area (TPSA) is 0 Å². The van der Waals surface area contributed by atoms with Gasteiger partial charge in [0.2, 0.25) is 0 Å². The Morgan fingerprint density at radius 2 is 1.79 bits per heavy atom. The molecular formula is C14H22. The molecular weight excluding hydrogens is 168 g/mol. The van der Waals surface area contributed by atoms with Gasteiger partial charge in [0.25, 0.3) is 0 Å². The molecule has 0 bridgehead atoms. The van der Waals surface area contributed by atoms with E-state index in [4.69, 9.17) is 0 Å². The van der Waals surface area contributed by atoms with Crippen LogP contribution in [0.4, 0.5) is 0 Å². The summed E-state index contributed by atoms with van der Waals surface area (Å²) in [6, 6.07) is 8.91. The van der Waals surface area contributed by atoms with E-state index in [0.717, 1.165) is 11.8 Å². The molecule has 0 radical (unpaired) electrons. The van der Waals surface area contributed by atoms with E-state index in [1.54, 1.807) is 11.1 Å². The van der Waals surface area contributed by atoms with Gasteiger partial charge in [-0.3, -0.25) is 0 Å². The molecule has 0 spiro atoms. The molecule has 1 aliphatic rings. The fraction of sp³-hybridized carbons (Fsp3) is 0.571. The molecule has 0 saturated carbocycles. The average molecular weight is 190 g/mol. The van der Waals surface area contributed by atoms with Gasteiger partial charge in [0.15, 0.2) is 0 Å². The Hall–Kier alpha value is -0.780. The number of aryl methyl sites for hydroxylation is 1. The summed E-state index contributed by atoms with van der Waals surface area (Å²) in [6.07, 6.45) is 3.97. The first kappa shape index (κ1) is 11.3. The minimum absolute atomic E-state index is 0. The number of benzene rings is 1. The van der Waals surface area contributed by atoms with Crippen molar-refractivity contribution in [3.05, 3.63) is 35.4 Å². The van der Waals surface area contributed by atoms with Gasteiger partial charge in [-0.15, -0.1) is 0 Å². The fourth-order valence-corrected chi connectivity index (χ4v) is 2.29. The molecule has 14 heavy (non-hydrogen) atoms. The van der Waals surface area contributed by atoms with E-state index in [1.807, 2.05) is 0 Å². The number of hydrogen-bond acceptors (Lipinski definition) is 0. The van der Waals surface area contributed by atoms with Crippen molar-refractivity contribution in [2.75, 3.05) is 0 Å². The van der Waals surface area contributed by atoms with Crippen LogP contribution < -0.4 is 0 Å². The van der Waals surface area contributed by atoms with Crippen molar-refractivity contribution in [2.45, 2.75) is 40.5 Å². The normalized spacial score (nSPS) is 20.1. The van der Waals surface area contributed by atoms with Gasteiger partial charge in [0.1, 0.15) is 0 Å². The van der Waals surface area contributed by atoms with Crippen LogP contribution in [0.1, 0.15) is 38.8 Å². The monoisotopic (exact) mass is 190 g/mol. The van der Waals surface area contributed by atoms with Gasteiger partial charge >= 0.3 is 0 Å². The Labute approximate surface area is 88.4 Å². The lowest BCUT2D eigenvalue weighted by Gasteiger charge is -2.27. The standard InChI is InChI=1S/C13H18.CH4/c1-10(2)12-8-7-11-5-3-4-6-13(11)9-12;/h3-6,10,12H,7-9H2,1-2H3;1H4. The second-order valence-corrected chi connectivity index (χ2v) is 4.52. The molecule has 78 valence electrons. The molecule has 1 unspecified atom stereocenters. The van der Waals surface area contributed by atoms with Crippen molar-refractivity contribution in [3.63, 3.8) is 0 Å². The van der Waals surface area contributed by atoms with Gasteiger partial charge in [-0.05, 0) is 42.2 Å². The van der Waals surface area contributed by atoms with Crippen LogP contribution in [-0.2, 0) is 12.8 Å². The second-order valence-electron chi connectivity index (χ2n) is 4.52. The summed E-state index contributed by atoms with van der Waals surface area (Å²) in [5.41, 5.74) is 3.17. The molecule has 0 N–H and O–H groups in total. The van der Waals surface area contributed by atoms with E-state index in [0.29, 0.717) is 0 Å². The van der Waals surface area contributed by atoms with Crippen LogP contribution in [0.25, 0.3) is 0 Å². The quantitative estimate of drug-likeness (QED) is 0.626. The van der Waals surface area contributed by atoms with Crippen molar-refractivity contribution in [1.29, 1.82) is 0 Å². The highest BCUT2D eigenvalue weighted by atomic mass is 14.2. The molecule has 0 aromatic heterocycles. The van der Waals surface area contributed by atoms with Crippen LogP contribution >= 0.6 is 0 Å². The van der Waals surface area contributed by atoms with Crippen LogP contribution in [0.2, 0.25) is 0 Å². The van der Waals surface area contributed by atoms with Crippen LogP contribution in [0.15, 0.2) is 24.3 Å². The summed E-state index contributed by atoms with van der Waals surface area (Å²) in [5, 5.41) is 0. The Morgan fingerprint density at radius 1 is 1.14 bits per heavy atom. The van der Waals surface area contributed by atoms with Crippen LogP contribution in [0.5, 0.6) is 0 Å². The van der Waals surface area contributed by atoms with Gasteiger partial charge in [0.05, 0.1) is 0 Å². The van der Waals surface area contributed by atoms with E-state index < -0.39 is 0 Å². The maximum absolute atomic E-state index is 2.35. The van der Waals surface area contributed by atoms with E-state index in [1.165, 1.54) is 19.3 Å². The first-order chi connectivity index (χ1) is 6.27. The molecule has 0 aliphatic heterocycles. The summed E-state index contributed by atoms with van der Waals surface area (Å²) < 4.78 is 0. The van der Waals surface area contributed by atoms with Gasteiger partial charge in [-0.25, -0.2) is 0 Å². The molecule has 1 atom stereocenters. The Bertz CT molecular complexity index is 286. The lowest BCUT2D eigenvalue weighted by molar-refractivity contribution is 0.343. The molecule has 0 amide bonds. The van der Waals surface area contributed by atoms with E-state index >= 15 is 0 Å². The summed E-state index contributed by atoms with van der Waals surface area (Å²) in [4.78, 5) is 0. The maximum Gasteiger partial charge on any atom is -0.0245 e. The molecule has 1 aromatic rings. The SMILES string of the molecule is C.CC(C)C1CCc2ccccc2C1. The zero-order valence-electron chi connectivity index (χ0n) is 8.59. The fourth-order valence-electron chi connectivity index (χ4n) is 2.29. The predicted octanol–water partition coefficient (Wildman–Crippen LogP) is 4.08. The van der Waals surface area contributed by atoms with Crippen molar-refractivity contribution < 1.29 is 0 Å². The van der Waals surface area contributed by atoms with Crippen LogP contribution in [0.3, 0.4) is 0 Å². The van der Waals surface area contributed by atoms with E-state index in [-0.39, 0.29) is 7.43 Å². The minimum atomic E-state index is 0. The molecule has 0 saturated heterocycles. The highest BCUT2D eigenvalue weighted by Crippen LogP contribution is 2.29. The lowest BCUT2D eigenvalue weighted by Crippen LogP contribution is -2.18. The van der Waals surface area contributed by atoms with Gasteiger partial charge in [0, 0.05) is 0 Å². The molecule has 2 rings (SSSR count). The first-order valence-electron chi connectivity index (χ1n) is 5.34. The molecule has 0 nitrogen and oxygen atoms in total. The number of hydrogen-bond donors (Lipinski definition) is 0. The molecule has 1 aromatic carbocycles. The Morgan fingerprint density at radius 3 is 2.43 bits per heavy atom. The summed E-state index contributed by atoms with van der Waals surface area (Å²) in [5.74, 6) is 1.75. The molecule has 0 fully saturated rings. The van der Waals surface area contributed by atoms with Gasteiger partial charge in [-0.1, -0.05) is 45.5 Å². The molecule has 1 aliphatic carbocycles. The Kier molecular flexibility index (Phi) is 3.74.